The van der Waals surface area contributed by atoms with Crippen molar-refractivity contribution in [2.45, 2.75) is 0 Å². The number of hydrogen-bond acceptors (Lipinski definition) is 5. The third-order valence-corrected chi connectivity index (χ3v) is 4.08. The lowest BCUT2D eigenvalue weighted by molar-refractivity contribution is 0.476. The van der Waals surface area contributed by atoms with E-state index in [1.807, 2.05) is 0 Å². The standard InChI is InChI=1S/C9H12N4O3S/c1-12(2)17(15,16)13-8-4-3-6(14)5-7(8)11-9(13)10/h3-5,14H,1-2H3,(H2,10,11). The summed E-state index contributed by atoms with van der Waals surface area (Å²) in [6.07, 6.45) is 0. The number of rotatable bonds is 2. The van der Waals surface area contributed by atoms with Gasteiger partial charge in [-0.15, -0.1) is 0 Å². The Hall–Kier alpha value is -1.80. The molecule has 0 saturated carbocycles. The van der Waals surface area contributed by atoms with Crippen molar-refractivity contribution in [1.82, 2.24) is 13.3 Å². The predicted molar refractivity (Wildman–Crippen MR) is 63.8 cm³/mol. The van der Waals surface area contributed by atoms with Crippen LogP contribution in [-0.4, -0.2) is 40.9 Å². The van der Waals surface area contributed by atoms with Gasteiger partial charge in [-0.25, -0.2) is 4.98 Å². The first kappa shape index (κ1) is 11.7. The zero-order valence-corrected chi connectivity index (χ0v) is 10.1. The molecule has 92 valence electrons. The van der Waals surface area contributed by atoms with E-state index < -0.39 is 10.2 Å². The molecule has 0 aliphatic rings. The van der Waals surface area contributed by atoms with Crippen molar-refractivity contribution >= 4 is 27.2 Å². The number of hydrogen-bond donors (Lipinski definition) is 2. The normalized spacial score (nSPS) is 12.4. The molecule has 1 heterocycles. The molecule has 0 spiro atoms. The summed E-state index contributed by atoms with van der Waals surface area (Å²) in [6, 6.07) is 4.19. The fraction of sp³-hybridized carbons (Fsp3) is 0.222. The van der Waals surface area contributed by atoms with Crippen molar-refractivity contribution in [3.05, 3.63) is 18.2 Å². The van der Waals surface area contributed by atoms with Crippen LogP contribution in [-0.2, 0) is 10.2 Å². The van der Waals surface area contributed by atoms with E-state index in [0.29, 0.717) is 11.0 Å². The zero-order valence-electron chi connectivity index (χ0n) is 9.32. The van der Waals surface area contributed by atoms with Crippen molar-refractivity contribution in [2.75, 3.05) is 19.8 Å². The molecule has 0 atom stereocenters. The Morgan fingerprint density at radius 1 is 1.41 bits per heavy atom. The first-order valence-electron chi connectivity index (χ1n) is 4.74. The van der Waals surface area contributed by atoms with Gasteiger partial charge < -0.3 is 10.8 Å². The number of phenolic OH excluding ortho intramolecular Hbond substituents is 1. The van der Waals surface area contributed by atoms with E-state index in [4.69, 9.17) is 5.73 Å². The fourth-order valence-corrected chi connectivity index (χ4v) is 2.48. The van der Waals surface area contributed by atoms with E-state index in [1.165, 1.54) is 32.3 Å². The van der Waals surface area contributed by atoms with Gasteiger partial charge in [0.25, 0.3) is 0 Å². The minimum absolute atomic E-state index is 0.00408. The highest BCUT2D eigenvalue weighted by Gasteiger charge is 2.22. The second kappa shape index (κ2) is 3.60. The third-order valence-electron chi connectivity index (χ3n) is 2.31. The molecule has 0 aliphatic heterocycles. The van der Waals surface area contributed by atoms with E-state index in [0.717, 1.165) is 8.28 Å². The summed E-state index contributed by atoms with van der Waals surface area (Å²) in [5.41, 5.74) is 6.25. The Kier molecular flexibility index (Phi) is 2.48. The summed E-state index contributed by atoms with van der Waals surface area (Å²) in [6.45, 7) is 0. The second-order valence-corrected chi connectivity index (χ2v) is 5.69. The van der Waals surface area contributed by atoms with Crippen LogP contribution in [0.3, 0.4) is 0 Å². The highest BCUT2D eigenvalue weighted by molar-refractivity contribution is 7.87. The number of anilines is 1. The zero-order chi connectivity index (χ0) is 12.8. The van der Waals surface area contributed by atoms with Crippen molar-refractivity contribution in [3.8, 4) is 5.75 Å². The molecule has 3 N–H and O–H groups in total. The van der Waals surface area contributed by atoms with E-state index in [2.05, 4.69) is 4.98 Å². The van der Waals surface area contributed by atoms with Gasteiger partial charge in [-0.3, -0.25) is 0 Å². The van der Waals surface area contributed by atoms with Crippen LogP contribution in [0.2, 0.25) is 0 Å². The van der Waals surface area contributed by atoms with Crippen LogP contribution < -0.4 is 5.73 Å². The van der Waals surface area contributed by atoms with Gasteiger partial charge in [-0.2, -0.15) is 16.7 Å². The molecule has 7 nitrogen and oxygen atoms in total. The molecule has 2 aromatic rings. The number of imidazole rings is 1. The van der Waals surface area contributed by atoms with Gasteiger partial charge in [0, 0.05) is 20.2 Å². The topological polar surface area (TPSA) is 101 Å². The number of fused-ring (bicyclic) bond motifs is 1. The first-order chi connectivity index (χ1) is 7.84. The summed E-state index contributed by atoms with van der Waals surface area (Å²) < 4.78 is 26.0. The van der Waals surface area contributed by atoms with E-state index in [1.54, 1.807) is 0 Å². The molecule has 8 heteroatoms. The monoisotopic (exact) mass is 256 g/mol. The molecular formula is C9H12N4O3S. The van der Waals surface area contributed by atoms with Crippen LogP contribution in [0.25, 0.3) is 11.0 Å². The molecule has 0 aliphatic carbocycles. The SMILES string of the molecule is CN(C)S(=O)(=O)n1c(N)nc2cc(O)ccc21. The Morgan fingerprint density at radius 3 is 2.65 bits per heavy atom. The fourth-order valence-electron chi connectivity index (χ4n) is 1.47. The Balaban J connectivity index is 2.83. The quantitative estimate of drug-likeness (QED) is 0.786. The Morgan fingerprint density at radius 2 is 2.06 bits per heavy atom. The predicted octanol–water partition coefficient (Wildman–Crippen LogP) is -0.0214. The van der Waals surface area contributed by atoms with Gasteiger partial charge in [-0.05, 0) is 12.1 Å². The highest BCUT2D eigenvalue weighted by Crippen LogP contribution is 2.24. The Bertz CT molecular complexity index is 675. The molecule has 2 rings (SSSR count). The van der Waals surface area contributed by atoms with Crippen LogP contribution in [0.4, 0.5) is 5.95 Å². The molecule has 0 amide bonds. The lowest BCUT2D eigenvalue weighted by Crippen LogP contribution is -2.29. The second-order valence-electron chi connectivity index (χ2n) is 3.70. The summed E-state index contributed by atoms with van der Waals surface area (Å²) >= 11 is 0. The maximum Gasteiger partial charge on any atom is 0.310 e. The molecule has 17 heavy (non-hydrogen) atoms. The van der Waals surface area contributed by atoms with E-state index in [-0.39, 0.29) is 11.7 Å². The van der Waals surface area contributed by atoms with Gasteiger partial charge in [-0.1, -0.05) is 0 Å². The molecule has 1 aromatic heterocycles. The number of nitrogen functional groups attached to an aromatic ring is 1. The molecule has 0 fully saturated rings. The summed E-state index contributed by atoms with van der Waals surface area (Å²) in [7, 11) is -0.915. The molecule has 0 radical (unpaired) electrons. The van der Waals surface area contributed by atoms with E-state index >= 15 is 0 Å². The van der Waals surface area contributed by atoms with Crippen LogP contribution in [0.5, 0.6) is 5.75 Å². The Labute approximate surface area is 98.3 Å². The van der Waals surface area contributed by atoms with E-state index in [9.17, 15) is 13.5 Å². The van der Waals surface area contributed by atoms with Gasteiger partial charge in [0.05, 0.1) is 11.0 Å². The molecular weight excluding hydrogens is 244 g/mol. The summed E-state index contributed by atoms with van der Waals surface area (Å²) in [5.74, 6) is -0.135. The van der Waals surface area contributed by atoms with Crippen molar-refractivity contribution < 1.29 is 13.5 Å². The lowest BCUT2D eigenvalue weighted by atomic mass is 10.3. The van der Waals surface area contributed by atoms with Crippen LogP contribution >= 0.6 is 0 Å². The number of benzene rings is 1. The third kappa shape index (κ3) is 1.71. The smallest absolute Gasteiger partial charge is 0.310 e. The van der Waals surface area contributed by atoms with Crippen molar-refractivity contribution in [1.29, 1.82) is 0 Å². The minimum atomic E-state index is -3.72. The molecule has 1 aromatic carbocycles. The largest absolute Gasteiger partial charge is 0.508 e. The number of phenols is 1. The van der Waals surface area contributed by atoms with Crippen LogP contribution in [0.1, 0.15) is 0 Å². The number of aromatic hydroxyl groups is 1. The molecule has 0 saturated heterocycles. The van der Waals surface area contributed by atoms with Gasteiger partial charge in [0.2, 0.25) is 5.95 Å². The van der Waals surface area contributed by atoms with Crippen molar-refractivity contribution in [3.63, 3.8) is 0 Å². The maximum atomic E-state index is 12.0. The van der Waals surface area contributed by atoms with Crippen LogP contribution in [0, 0.1) is 0 Å². The van der Waals surface area contributed by atoms with Gasteiger partial charge in [0.1, 0.15) is 5.75 Å². The number of nitrogens with zero attached hydrogens (tertiary/aromatic N) is 3. The summed E-state index contributed by atoms with van der Waals surface area (Å²) in [4.78, 5) is 3.90. The van der Waals surface area contributed by atoms with Crippen LogP contribution in [0.15, 0.2) is 18.2 Å². The maximum absolute atomic E-state index is 12.0. The van der Waals surface area contributed by atoms with Gasteiger partial charge >= 0.3 is 10.2 Å². The number of aromatic nitrogens is 2. The average Bonchev–Trinajstić information content (AvgIpc) is 2.53. The van der Waals surface area contributed by atoms with Gasteiger partial charge in [0.15, 0.2) is 0 Å². The average molecular weight is 256 g/mol. The lowest BCUT2D eigenvalue weighted by Gasteiger charge is -2.13. The first-order valence-corrected chi connectivity index (χ1v) is 6.13. The molecule has 0 bridgehead atoms. The van der Waals surface area contributed by atoms with Crippen molar-refractivity contribution in [2.24, 2.45) is 0 Å². The summed E-state index contributed by atoms with van der Waals surface area (Å²) in [5, 5.41) is 9.29. The highest BCUT2D eigenvalue weighted by atomic mass is 32.2. The molecule has 0 unspecified atom stereocenters. The minimum Gasteiger partial charge on any atom is -0.508 e. The number of nitrogens with two attached hydrogens (primary N) is 1.